The summed E-state index contributed by atoms with van der Waals surface area (Å²) in [5, 5.41) is 0. The summed E-state index contributed by atoms with van der Waals surface area (Å²) in [5.41, 5.74) is 2.92. The Bertz CT molecular complexity index is 536. The first-order valence-corrected chi connectivity index (χ1v) is 6.54. The van der Waals surface area contributed by atoms with Crippen LogP contribution >= 0.6 is 0 Å². The van der Waals surface area contributed by atoms with E-state index < -0.39 is 0 Å². The molecule has 1 fully saturated rings. The molecule has 0 aliphatic heterocycles. The standard InChI is InChI=1S/C17H16O/c18-17(15-5-2-1-3-6-15)16-11-9-14(10-12-16)13-7-4-8-13/h1-3,5-6,9-13H,4,7-8H2. The van der Waals surface area contributed by atoms with E-state index >= 15 is 0 Å². The molecule has 0 saturated heterocycles. The van der Waals surface area contributed by atoms with Crippen LogP contribution in [-0.4, -0.2) is 5.78 Å². The summed E-state index contributed by atoms with van der Waals surface area (Å²) in [4.78, 5) is 12.2. The molecule has 0 N–H and O–H groups in total. The van der Waals surface area contributed by atoms with E-state index in [-0.39, 0.29) is 5.78 Å². The molecule has 3 rings (SSSR count). The highest BCUT2D eigenvalue weighted by atomic mass is 16.1. The number of rotatable bonds is 3. The van der Waals surface area contributed by atoms with Crippen molar-refractivity contribution in [2.75, 3.05) is 0 Å². The second-order valence-electron chi connectivity index (χ2n) is 4.94. The van der Waals surface area contributed by atoms with E-state index in [2.05, 4.69) is 12.1 Å². The predicted molar refractivity (Wildman–Crippen MR) is 72.9 cm³/mol. The maximum absolute atomic E-state index is 12.2. The van der Waals surface area contributed by atoms with Crippen LogP contribution in [0.3, 0.4) is 0 Å². The summed E-state index contributed by atoms with van der Waals surface area (Å²) in [6, 6.07) is 17.6. The van der Waals surface area contributed by atoms with Crippen LogP contribution in [-0.2, 0) is 0 Å². The third-order valence-electron chi connectivity index (χ3n) is 3.79. The first-order valence-electron chi connectivity index (χ1n) is 6.54. The van der Waals surface area contributed by atoms with Crippen molar-refractivity contribution in [1.82, 2.24) is 0 Å². The normalized spacial score (nSPS) is 15.1. The van der Waals surface area contributed by atoms with Gasteiger partial charge < -0.3 is 0 Å². The van der Waals surface area contributed by atoms with E-state index in [0.29, 0.717) is 0 Å². The van der Waals surface area contributed by atoms with Crippen molar-refractivity contribution in [3.63, 3.8) is 0 Å². The fourth-order valence-electron chi connectivity index (χ4n) is 2.40. The van der Waals surface area contributed by atoms with Gasteiger partial charge in [0.1, 0.15) is 0 Å². The highest BCUT2D eigenvalue weighted by Crippen LogP contribution is 2.36. The highest BCUT2D eigenvalue weighted by Gasteiger charge is 2.19. The van der Waals surface area contributed by atoms with Gasteiger partial charge in [-0.15, -0.1) is 0 Å². The quantitative estimate of drug-likeness (QED) is 0.730. The van der Waals surface area contributed by atoms with Crippen molar-refractivity contribution in [2.24, 2.45) is 0 Å². The van der Waals surface area contributed by atoms with Crippen LogP contribution < -0.4 is 0 Å². The monoisotopic (exact) mass is 236 g/mol. The maximum Gasteiger partial charge on any atom is 0.193 e. The van der Waals surface area contributed by atoms with Crippen LogP contribution in [0.5, 0.6) is 0 Å². The third kappa shape index (κ3) is 2.08. The van der Waals surface area contributed by atoms with Gasteiger partial charge in [0, 0.05) is 11.1 Å². The van der Waals surface area contributed by atoms with Gasteiger partial charge in [0.25, 0.3) is 0 Å². The lowest BCUT2D eigenvalue weighted by Gasteiger charge is -2.25. The van der Waals surface area contributed by atoms with Crippen molar-refractivity contribution in [3.05, 3.63) is 71.3 Å². The Morgan fingerprint density at radius 2 is 1.44 bits per heavy atom. The van der Waals surface area contributed by atoms with Crippen molar-refractivity contribution in [2.45, 2.75) is 25.2 Å². The second-order valence-corrected chi connectivity index (χ2v) is 4.94. The summed E-state index contributed by atoms with van der Waals surface area (Å²) in [6.07, 6.45) is 3.94. The fourth-order valence-corrected chi connectivity index (χ4v) is 2.40. The summed E-state index contributed by atoms with van der Waals surface area (Å²) >= 11 is 0. The molecule has 0 amide bonds. The summed E-state index contributed by atoms with van der Waals surface area (Å²) in [5.74, 6) is 0.835. The van der Waals surface area contributed by atoms with E-state index in [9.17, 15) is 4.79 Å². The van der Waals surface area contributed by atoms with Crippen LogP contribution in [0.25, 0.3) is 0 Å². The van der Waals surface area contributed by atoms with E-state index in [1.807, 2.05) is 42.5 Å². The second kappa shape index (κ2) is 4.77. The Hall–Kier alpha value is -1.89. The summed E-state index contributed by atoms with van der Waals surface area (Å²) < 4.78 is 0. The molecule has 0 atom stereocenters. The van der Waals surface area contributed by atoms with Crippen LogP contribution in [0, 0.1) is 0 Å². The number of carbonyl (C=O) groups excluding carboxylic acids is 1. The van der Waals surface area contributed by atoms with E-state index in [1.165, 1.54) is 24.8 Å². The van der Waals surface area contributed by atoms with Crippen LogP contribution in [0.4, 0.5) is 0 Å². The van der Waals surface area contributed by atoms with Gasteiger partial charge in [-0.3, -0.25) is 4.79 Å². The predicted octanol–water partition coefficient (Wildman–Crippen LogP) is 4.19. The molecule has 0 bridgehead atoms. The number of carbonyl (C=O) groups is 1. The molecule has 90 valence electrons. The lowest BCUT2D eigenvalue weighted by atomic mass is 9.80. The maximum atomic E-state index is 12.2. The molecule has 0 unspecified atom stereocenters. The molecule has 0 spiro atoms. The van der Waals surface area contributed by atoms with Gasteiger partial charge in [0.05, 0.1) is 0 Å². The third-order valence-corrected chi connectivity index (χ3v) is 3.79. The Labute approximate surface area is 107 Å². The van der Waals surface area contributed by atoms with Crippen LogP contribution in [0.1, 0.15) is 46.7 Å². The first kappa shape index (κ1) is 11.2. The zero-order valence-electron chi connectivity index (χ0n) is 10.3. The topological polar surface area (TPSA) is 17.1 Å². The SMILES string of the molecule is O=C(c1ccccc1)c1ccc(C2CCC2)cc1. The molecule has 2 aromatic rings. The largest absolute Gasteiger partial charge is 0.289 e. The molecule has 1 aliphatic rings. The summed E-state index contributed by atoms with van der Waals surface area (Å²) in [6.45, 7) is 0. The van der Waals surface area contributed by atoms with Gasteiger partial charge in [-0.1, -0.05) is 61.0 Å². The molecule has 0 heterocycles. The first-order chi connectivity index (χ1) is 8.84. The molecule has 1 nitrogen and oxygen atoms in total. The molecule has 18 heavy (non-hydrogen) atoms. The molecule has 1 heteroatoms. The molecule has 1 aliphatic carbocycles. The Kier molecular flexibility index (Phi) is 2.97. The van der Waals surface area contributed by atoms with E-state index in [1.54, 1.807) is 0 Å². The summed E-state index contributed by atoms with van der Waals surface area (Å²) in [7, 11) is 0. The lowest BCUT2D eigenvalue weighted by Crippen LogP contribution is -2.09. The minimum absolute atomic E-state index is 0.107. The zero-order chi connectivity index (χ0) is 12.4. The minimum atomic E-state index is 0.107. The van der Waals surface area contributed by atoms with Crippen molar-refractivity contribution >= 4 is 5.78 Å². The molecule has 1 saturated carbocycles. The van der Waals surface area contributed by atoms with E-state index in [0.717, 1.165) is 17.0 Å². The molecule has 0 aromatic heterocycles. The van der Waals surface area contributed by atoms with Crippen molar-refractivity contribution < 1.29 is 4.79 Å². The van der Waals surface area contributed by atoms with Crippen LogP contribution in [0.2, 0.25) is 0 Å². The van der Waals surface area contributed by atoms with Gasteiger partial charge in [-0.2, -0.15) is 0 Å². The van der Waals surface area contributed by atoms with Crippen molar-refractivity contribution in [3.8, 4) is 0 Å². The van der Waals surface area contributed by atoms with Gasteiger partial charge in [-0.25, -0.2) is 0 Å². The number of hydrogen-bond donors (Lipinski definition) is 0. The Balaban J connectivity index is 1.82. The number of hydrogen-bond acceptors (Lipinski definition) is 1. The average molecular weight is 236 g/mol. The van der Waals surface area contributed by atoms with Gasteiger partial charge >= 0.3 is 0 Å². The Morgan fingerprint density at radius 3 is 2.00 bits per heavy atom. The number of ketones is 1. The van der Waals surface area contributed by atoms with Crippen LogP contribution in [0.15, 0.2) is 54.6 Å². The Morgan fingerprint density at radius 1 is 0.833 bits per heavy atom. The average Bonchev–Trinajstić information content (AvgIpc) is 2.38. The molecule has 0 radical (unpaired) electrons. The highest BCUT2D eigenvalue weighted by molar-refractivity contribution is 6.08. The minimum Gasteiger partial charge on any atom is -0.289 e. The zero-order valence-corrected chi connectivity index (χ0v) is 10.3. The molecule has 2 aromatic carbocycles. The number of benzene rings is 2. The van der Waals surface area contributed by atoms with Gasteiger partial charge in [0.15, 0.2) is 5.78 Å². The van der Waals surface area contributed by atoms with E-state index in [4.69, 9.17) is 0 Å². The molecular weight excluding hydrogens is 220 g/mol. The smallest absolute Gasteiger partial charge is 0.193 e. The lowest BCUT2D eigenvalue weighted by molar-refractivity contribution is 0.103. The molecular formula is C17H16O. The van der Waals surface area contributed by atoms with Crippen molar-refractivity contribution in [1.29, 1.82) is 0 Å². The van der Waals surface area contributed by atoms with Gasteiger partial charge in [0.2, 0.25) is 0 Å². The fraction of sp³-hybridized carbons (Fsp3) is 0.235. The van der Waals surface area contributed by atoms with Gasteiger partial charge in [-0.05, 0) is 24.3 Å².